The number of amides is 1. The van der Waals surface area contributed by atoms with Crippen LogP contribution in [0.15, 0.2) is 64.4 Å². The Morgan fingerprint density at radius 3 is 2.93 bits per heavy atom. The monoisotopic (exact) mass is 397 g/mol. The van der Waals surface area contributed by atoms with E-state index in [0.717, 1.165) is 4.88 Å². The summed E-state index contributed by atoms with van der Waals surface area (Å²) < 4.78 is 1.67. The van der Waals surface area contributed by atoms with Crippen molar-refractivity contribution in [1.29, 1.82) is 0 Å². The topological polar surface area (TPSA) is 69.9 Å². The van der Waals surface area contributed by atoms with E-state index in [1.807, 2.05) is 41.8 Å². The first-order valence-corrected chi connectivity index (χ1v) is 10.2. The number of fused-ring (bicyclic) bond motifs is 3. The van der Waals surface area contributed by atoms with Gasteiger partial charge in [0.1, 0.15) is 0 Å². The molecule has 1 aliphatic rings. The van der Waals surface area contributed by atoms with Crippen molar-refractivity contribution >= 4 is 34.7 Å². The van der Waals surface area contributed by atoms with E-state index in [1.54, 1.807) is 15.7 Å². The molecule has 27 heavy (non-hydrogen) atoms. The maximum absolute atomic E-state index is 12.9. The van der Waals surface area contributed by atoms with Gasteiger partial charge < -0.3 is 0 Å². The third kappa shape index (κ3) is 3.00. The highest BCUT2D eigenvalue weighted by atomic mass is 32.2. The normalized spacial score (nSPS) is 15.1. The van der Waals surface area contributed by atoms with Crippen LogP contribution in [0.4, 0.5) is 5.69 Å². The summed E-state index contributed by atoms with van der Waals surface area (Å²) in [6, 6.07) is 11.3. The van der Waals surface area contributed by atoms with Gasteiger partial charge in [-0.15, -0.1) is 17.9 Å². The van der Waals surface area contributed by atoms with Crippen molar-refractivity contribution in [3.8, 4) is 11.3 Å². The van der Waals surface area contributed by atoms with Gasteiger partial charge in [0, 0.05) is 17.8 Å². The molecule has 1 atom stereocenters. The zero-order valence-electron chi connectivity index (χ0n) is 14.6. The number of anilines is 1. The minimum atomic E-state index is -0.502. The van der Waals surface area contributed by atoms with E-state index in [0.29, 0.717) is 27.9 Å². The molecular weight excluding hydrogens is 380 g/mol. The van der Waals surface area contributed by atoms with Crippen molar-refractivity contribution in [2.45, 2.75) is 18.2 Å². The summed E-state index contributed by atoms with van der Waals surface area (Å²) in [4.78, 5) is 31.0. The molecule has 0 fully saturated rings. The van der Waals surface area contributed by atoms with E-state index < -0.39 is 6.17 Å². The molecule has 8 heteroatoms. The van der Waals surface area contributed by atoms with Gasteiger partial charge in [0.15, 0.2) is 0 Å². The van der Waals surface area contributed by atoms with Gasteiger partial charge in [0.2, 0.25) is 11.1 Å². The quantitative estimate of drug-likeness (QED) is 0.417. The number of H-pyrrole nitrogens is 1. The molecule has 2 aromatic heterocycles. The summed E-state index contributed by atoms with van der Waals surface area (Å²) in [7, 11) is 0. The van der Waals surface area contributed by atoms with Crippen LogP contribution in [0.3, 0.4) is 0 Å². The zero-order chi connectivity index (χ0) is 19.0. The van der Waals surface area contributed by atoms with Crippen molar-refractivity contribution in [2.75, 3.05) is 10.7 Å². The third-order valence-corrected chi connectivity index (χ3v) is 6.00. The van der Waals surface area contributed by atoms with Crippen LogP contribution < -0.4 is 15.1 Å². The Labute approximate surface area is 164 Å². The maximum atomic E-state index is 12.9. The molecule has 0 unspecified atom stereocenters. The number of hydrogen-bond donors (Lipinski definition) is 1. The van der Waals surface area contributed by atoms with E-state index in [2.05, 4.69) is 16.7 Å². The lowest BCUT2D eigenvalue weighted by Gasteiger charge is -2.30. The molecule has 6 nitrogen and oxygen atoms in total. The molecule has 0 radical (unpaired) electrons. The van der Waals surface area contributed by atoms with Crippen molar-refractivity contribution in [2.24, 2.45) is 0 Å². The first-order chi connectivity index (χ1) is 13.1. The predicted octanol–water partition coefficient (Wildman–Crippen LogP) is 2.98. The molecule has 0 saturated carbocycles. The number of carbonyl (C=O) groups is 1. The molecule has 0 saturated heterocycles. The van der Waals surface area contributed by atoms with Gasteiger partial charge in [-0.25, -0.2) is 4.90 Å². The highest BCUT2D eigenvalue weighted by Crippen LogP contribution is 2.38. The standard InChI is InChI=1S/C19H16N4O2S2/c1-3-10-27-19-20-17(25)16-13-7-4-5-8-14(13)22(12(2)24)18(23(16)21-19)15-9-6-11-26-15/h3-9,11,18H,1,10H2,2H3/p+1/t18-/m0/s1. The van der Waals surface area contributed by atoms with Crippen LogP contribution in [0, 0.1) is 0 Å². The molecule has 136 valence electrons. The number of thioether (sulfide) groups is 1. The Balaban J connectivity index is 2.03. The SMILES string of the molecule is C=CCSc1n[n+]2c(c(=O)[nH]1)-c1ccccc1N(C(C)=O)[C@@H]2c1cccs1. The minimum absolute atomic E-state index is 0.110. The second-order valence-electron chi connectivity index (χ2n) is 5.95. The van der Waals surface area contributed by atoms with Gasteiger partial charge in [0.05, 0.1) is 16.1 Å². The summed E-state index contributed by atoms with van der Waals surface area (Å²) in [5.74, 6) is 0.514. The average Bonchev–Trinajstić information content (AvgIpc) is 3.19. The molecule has 0 aliphatic carbocycles. The smallest absolute Gasteiger partial charge is 0.291 e. The van der Waals surface area contributed by atoms with Gasteiger partial charge >= 0.3 is 17.4 Å². The Kier molecular flexibility index (Phi) is 4.67. The highest BCUT2D eigenvalue weighted by molar-refractivity contribution is 7.99. The van der Waals surface area contributed by atoms with Crippen molar-refractivity contribution in [1.82, 2.24) is 10.1 Å². The summed E-state index contributed by atoms with van der Waals surface area (Å²) in [5, 5.41) is 7.12. The molecule has 3 heterocycles. The number of hydrogen-bond acceptors (Lipinski definition) is 5. The number of nitrogens with one attached hydrogen (secondary N) is 1. The van der Waals surface area contributed by atoms with Crippen molar-refractivity contribution in [3.63, 3.8) is 0 Å². The molecule has 1 aliphatic heterocycles. The number of rotatable bonds is 4. The molecule has 1 aromatic carbocycles. The lowest BCUT2D eigenvalue weighted by molar-refractivity contribution is -0.762. The Morgan fingerprint density at radius 1 is 1.41 bits per heavy atom. The summed E-state index contributed by atoms with van der Waals surface area (Å²) in [6.45, 7) is 5.24. The van der Waals surface area contributed by atoms with Gasteiger partial charge in [-0.3, -0.25) is 14.6 Å². The number of aromatic amines is 1. The summed E-state index contributed by atoms with van der Waals surface area (Å²) in [5.41, 5.74) is 1.62. The van der Waals surface area contributed by atoms with Crippen LogP contribution in [-0.4, -0.2) is 21.7 Å². The molecule has 1 N–H and O–H groups in total. The Morgan fingerprint density at radius 2 is 2.22 bits per heavy atom. The number of nitrogens with zero attached hydrogens (tertiary/aromatic N) is 3. The second kappa shape index (κ2) is 7.13. The van der Waals surface area contributed by atoms with E-state index in [1.165, 1.54) is 30.0 Å². The van der Waals surface area contributed by atoms with E-state index in [4.69, 9.17) is 0 Å². The fourth-order valence-electron chi connectivity index (χ4n) is 3.21. The maximum Gasteiger partial charge on any atom is 0.325 e. The summed E-state index contributed by atoms with van der Waals surface area (Å²) >= 11 is 2.92. The first-order valence-electron chi connectivity index (χ1n) is 8.34. The third-order valence-electron chi connectivity index (χ3n) is 4.23. The lowest BCUT2D eigenvalue weighted by Crippen LogP contribution is -2.60. The van der Waals surface area contributed by atoms with Crippen molar-refractivity contribution in [3.05, 3.63) is 69.7 Å². The van der Waals surface area contributed by atoms with Crippen LogP contribution >= 0.6 is 23.1 Å². The lowest BCUT2D eigenvalue weighted by atomic mass is 10.0. The minimum Gasteiger partial charge on any atom is -0.291 e. The molecular formula is C19H17N4O2S2+. The van der Waals surface area contributed by atoms with Crippen LogP contribution in [0.2, 0.25) is 0 Å². The number of benzene rings is 1. The average molecular weight is 398 g/mol. The highest BCUT2D eigenvalue weighted by Gasteiger charge is 2.45. The van der Waals surface area contributed by atoms with Crippen LogP contribution in [0.25, 0.3) is 11.3 Å². The zero-order valence-corrected chi connectivity index (χ0v) is 16.2. The van der Waals surface area contributed by atoms with E-state index >= 15 is 0 Å². The molecule has 0 bridgehead atoms. The number of para-hydroxylation sites is 1. The van der Waals surface area contributed by atoms with Crippen molar-refractivity contribution < 1.29 is 9.48 Å². The van der Waals surface area contributed by atoms with E-state index in [9.17, 15) is 9.59 Å². The number of carbonyl (C=O) groups excluding carboxylic acids is 1. The van der Waals surface area contributed by atoms with Gasteiger partial charge in [0.25, 0.3) is 0 Å². The van der Waals surface area contributed by atoms with Gasteiger partial charge in [-0.05, 0) is 28.3 Å². The first kappa shape index (κ1) is 17.7. The van der Waals surface area contributed by atoms with Crippen LogP contribution in [0.5, 0.6) is 0 Å². The van der Waals surface area contributed by atoms with Gasteiger partial charge in [-0.1, -0.05) is 36.0 Å². The molecule has 3 aromatic rings. The van der Waals surface area contributed by atoms with Gasteiger partial charge in [-0.2, -0.15) is 0 Å². The molecule has 0 spiro atoms. The Bertz CT molecular complexity index is 1080. The molecule has 4 rings (SSSR count). The largest absolute Gasteiger partial charge is 0.325 e. The second-order valence-corrected chi connectivity index (χ2v) is 7.94. The number of thiophene rings is 1. The fraction of sp³-hybridized carbons (Fsp3) is 0.158. The van der Waals surface area contributed by atoms with Crippen LogP contribution in [-0.2, 0) is 4.79 Å². The number of aromatic nitrogens is 3. The Hall–Kier alpha value is -2.71. The fourth-order valence-corrected chi connectivity index (χ4v) is 4.60. The van der Waals surface area contributed by atoms with Crippen LogP contribution in [0.1, 0.15) is 18.0 Å². The predicted molar refractivity (Wildman–Crippen MR) is 107 cm³/mol. The molecule has 1 amide bonds. The van der Waals surface area contributed by atoms with E-state index in [-0.39, 0.29) is 11.5 Å². The summed E-state index contributed by atoms with van der Waals surface area (Å²) in [6.07, 6.45) is 1.25.